The zero-order valence-corrected chi connectivity index (χ0v) is 10.7. The molecule has 1 aromatic rings. The Bertz CT molecular complexity index is 343. The van der Waals surface area contributed by atoms with Gasteiger partial charge in [0.1, 0.15) is 0 Å². The second-order valence-electron chi connectivity index (χ2n) is 4.27. The molecule has 1 saturated carbocycles. The molecular formula is C11H19N5S. The molecule has 0 aromatic carbocycles. The summed E-state index contributed by atoms with van der Waals surface area (Å²) in [4.78, 5) is 8.58. The number of hydrogen-bond donors (Lipinski definition) is 3. The minimum atomic E-state index is 0.508. The van der Waals surface area contributed by atoms with E-state index in [9.17, 15) is 0 Å². The molecule has 1 aliphatic rings. The molecule has 1 aromatic heterocycles. The van der Waals surface area contributed by atoms with Gasteiger partial charge in [-0.1, -0.05) is 19.3 Å². The maximum Gasteiger partial charge on any atom is 0.206 e. The Balaban J connectivity index is 1.84. The number of rotatable bonds is 3. The van der Waals surface area contributed by atoms with E-state index >= 15 is 0 Å². The van der Waals surface area contributed by atoms with Gasteiger partial charge < -0.3 is 5.32 Å². The van der Waals surface area contributed by atoms with E-state index in [0.29, 0.717) is 18.5 Å². The molecule has 1 aliphatic carbocycles. The van der Waals surface area contributed by atoms with E-state index in [4.69, 9.17) is 5.84 Å². The van der Waals surface area contributed by atoms with Gasteiger partial charge in [-0.2, -0.15) is 0 Å². The molecule has 0 saturated heterocycles. The first-order chi connectivity index (χ1) is 8.38. The Kier molecular flexibility index (Phi) is 4.75. The highest BCUT2D eigenvalue weighted by Crippen LogP contribution is 2.17. The van der Waals surface area contributed by atoms with Crippen LogP contribution in [0.5, 0.6) is 0 Å². The lowest BCUT2D eigenvalue weighted by molar-refractivity contribution is 0.410. The lowest BCUT2D eigenvalue weighted by Gasteiger charge is -2.24. The van der Waals surface area contributed by atoms with Crippen LogP contribution in [0.4, 0.5) is 0 Å². The van der Waals surface area contributed by atoms with Crippen molar-refractivity contribution in [1.82, 2.24) is 15.7 Å². The van der Waals surface area contributed by atoms with Crippen LogP contribution >= 0.6 is 11.3 Å². The van der Waals surface area contributed by atoms with Gasteiger partial charge in [0.15, 0.2) is 0 Å². The van der Waals surface area contributed by atoms with E-state index in [0.717, 1.165) is 5.69 Å². The predicted molar refractivity (Wildman–Crippen MR) is 70.6 cm³/mol. The standard InChI is InChI=1S/C11H19N5S/c12-16-11(13-6-10-7-17-8-14-10)15-9-4-2-1-3-5-9/h7-9H,1-6,12H2,(H2,13,15,16). The van der Waals surface area contributed by atoms with Crippen molar-refractivity contribution in [3.05, 3.63) is 16.6 Å². The number of nitrogens with zero attached hydrogens (tertiary/aromatic N) is 2. The van der Waals surface area contributed by atoms with Crippen LogP contribution < -0.4 is 16.6 Å². The Morgan fingerprint density at radius 2 is 2.29 bits per heavy atom. The maximum atomic E-state index is 5.47. The lowest BCUT2D eigenvalue weighted by atomic mass is 9.96. The molecule has 17 heavy (non-hydrogen) atoms. The molecule has 0 amide bonds. The second-order valence-corrected chi connectivity index (χ2v) is 4.99. The van der Waals surface area contributed by atoms with Crippen molar-refractivity contribution in [3.8, 4) is 0 Å². The Hall–Kier alpha value is -1.14. The fourth-order valence-corrected chi connectivity index (χ4v) is 2.60. The van der Waals surface area contributed by atoms with E-state index in [2.05, 4.69) is 20.7 Å². The minimum Gasteiger partial charge on any atom is -0.353 e. The van der Waals surface area contributed by atoms with Gasteiger partial charge in [0.25, 0.3) is 0 Å². The molecule has 4 N–H and O–H groups in total. The van der Waals surface area contributed by atoms with Crippen LogP contribution in [0.25, 0.3) is 0 Å². The molecule has 0 unspecified atom stereocenters. The van der Waals surface area contributed by atoms with Crippen molar-refractivity contribution in [2.24, 2.45) is 10.8 Å². The Morgan fingerprint density at radius 3 is 2.94 bits per heavy atom. The van der Waals surface area contributed by atoms with Crippen LogP contribution in [-0.2, 0) is 6.54 Å². The van der Waals surface area contributed by atoms with Crippen molar-refractivity contribution < 1.29 is 0 Å². The molecule has 94 valence electrons. The first-order valence-electron chi connectivity index (χ1n) is 6.03. The van der Waals surface area contributed by atoms with Crippen LogP contribution in [0.2, 0.25) is 0 Å². The van der Waals surface area contributed by atoms with Gasteiger partial charge in [0.05, 0.1) is 17.7 Å². The summed E-state index contributed by atoms with van der Waals surface area (Å²) in [5.74, 6) is 6.14. The predicted octanol–water partition coefficient (Wildman–Crippen LogP) is 1.38. The molecule has 0 aliphatic heterocycles. The summed E-state index contributed by atoms with van der Waals surface area (Å²) in [5, 5.41) is 5.36. The summed E-state index contributed by atoms with van der Waals surface area (Å²) in [5.41, 5.74) is 5.42. The largest absolute Gasteiger partial charge is 0.353 e. The number of nitrogens with two attached hydrogens (primary N) is 1. The van der Waals surface area contributed by atoms with Crippen molar-refractivity contribution in [2.75, 3.05) is 0 Å². The number of nitrogens with one attached hydrogen (secondary N) is 2. The van der Waals surface area contributed by atoms with Gasteiger partial charge in [-0.3, -0.25) is 5.43 Å². The maximum absolute atomic E-state index is 5.47. The van der Waals surface area contributed by atoms with Crippen molar-refractivity contribution in [1.29, 1.82) is 0 Å². The molecule has 1 heterocycles. The zero-order chi connectivity index (χ0) is 11.9. The SMILES string of the molecule is NNC(=NCc1cscn1)NC1CCCCC1. The zero-order valence-electron chi connectivity index (χ0n) is 9.85. The highest BCUT2D eigenvalue weighted by atomic mass is 32.1. The van der Waals surface area contributed by atoms with Crippen LogP contribution in [0.15, 0.2) is 15.9 Å². The monoisotopic (exact) mass is 253 g/mol. The molecule has 5 nitrogen and oxygen atoms in total. The number of guanidine groups is 1. The second kappa shape index (κ2) is 6.56. The number of aliphatic imine (C=N–C) groups is 1. The summed E-state index contributed by atoms with van der Waals surface area (Å²) in [6.07, 6.45) is 6.34. The summed E-state index contributed by atoms with van der Waals surface area (Å²) in [6.45, 7) is 0.572. The Labute approximate surface area is 106 Å². The summed E-state index contributed by atoms with van der Waals surface area (Å²) >= 11 is 1.58. The highest BCUT2D eigenvalue weighted by molar-refractivity contribution is 7.07. The third-order valence-electron chi connectivity index (χ3n) is 2.97. The fourth-order valence-electron chi connectivity index (χ4n) is 2.05. The number of thiazole rings is 1. The normalized spacial score (nSPS) is 18.1. The molecule has 2 rings (SSSR count). The summed E-state index contributed by atoms with van der Waals surface area (Å²) < 4.78 is 0. The number of hydrogen-bond acceptors (Lipinski definition) is 4. The van der Waals surface area contributed by atoms with Crippen LogP contribution in [0.3, 0.4) is 0 Å². The Morgan fingerprint density at radius 1 is 1.47 bits per heavy atom. The van der Waals surface area contributed by atoms with Crippen LogP contribution in [-0.4, -0.2) is 17.0 Å². The van der Waals surface area contributed by atoms with Crippen molar-refractivity contribution in [3.63, 3.8) is 0 Å². The van der Waals surface area contributed by atoms with Gasteiger partial charge in [-0.15, -0.1) is 11.3 Å². The van der Waals surface area contributed by atoms with E-state index < -0.39 is 0 Å². The summed E-state index contributed by atoms with van der Waals surface area (Å²) in [7, 11) is 0. The summed E-state index contributed by atoms with van der Waals surface area (Å²) in [6, 6.07) is 0.508. The average Bonchev–Trinajstić information content (AvgIpc) is 2.89. The smallest absolute Gasteiger partial charge is 0.206 e. The quantitative estimate of drug-likeness (QED) is 0.329. The average molecular weight is 253 g/mol. The fraction of sp³-hybridized carbons (Fsp3) is 0.636. The molecule has 0 atom stereocenters. The van der Waals surface area contributed by atoms with Gasteiger partial charge in [0.2, 0.25) is 5.96 Å². The topological polar surface area (TPSA) is 75.3 Å². The minimum absolute atomic E-state index is 0.508. The van der Waals surface area contributed by atoms with Gasteiger partial charge >= 0.3 is 0 Å². The molecule has 1 fully saturated rings. The first kappa shape index (κ1) is 12.3. The third-order valence-corrected chi connectivity index (χ3v) is 3.60. The number of hydrazine groups is 1. The van der Waals surface area contributed by atoms with E-state index in [-0.39, 0.29) is 0 Å². The van der Waals surface area contributed by atoms with Gasteiger partial charge in [0, 0.05) is 11.4 Å². The third kappa shape index (κ3) is 3.98. The van der Waals surface area contributed by atoms with Gasteiger partial charge in [-0.25, -0.2) is 15.8 Å². The molecule has 0 spiro atoms. The van der Waals surface area contributed by atoms with Crippen LogP contribution in [0, 0.1) is 0 Å². The number of aromatic nitrogens is 1. The van der Waals surface area contributed by atoms with E-state index in [1.165, 1.54) is 32.1 Å². The van der Waals surface area contributed by atoms with E-state index in [1.807, 2.05) is 10.9 Å². The van der Waals surface area contributed by atoms with Crippen molar-refractivity contribution >= 4 is 17.3 Å². The highest BCUT2D eigenvalue weighted by Gasteiger charge is 2.14. The molecular weight excluding hydrogens is 234 g/mol. The lowest BCUT2D eigenvalue weighted by Crippen LogP contribution is -2.47. The molecule has 0 radical (unpaired) electrons. The van der Waals surface area contributed by atoms with Gasteiger partial charge in [-0.05, 0) is 12.8 Å². The van der Waals surface area contributed by atoms with Crippen LogP contribution in [0.1, 0.15) is 37.8 Å². The first-order valence-corrected chi connectivity index (χ1v) is 6.97. The van der Waals surface area contributed by atoms with E-state index in [1.54, 1.807) is 11.3 Å². The van der Waals surface area contributed by atoms with Crippen molar-refractivity contribution in [2.45, 2.75) is 44.7 Å². The molecule has 0 bridgehead atoms. The molecule has 6 heteroatoms.